The van der Waals surface area contributed by atoms with Gasteiger partial charge in [0.25, 0.3) is 0 Å². The summed E-state index contributed by atoms with van der Waals surface area (Å²) in [7, 11) is 0. The van der Waals surface area contributed by atoms with Crippen molar-refractivity contribution in [2.24, 2.45) is 0 Å². The van der Waals surface area contributed by atoms with Crippen molar-refractivity contribution in [3.8, 4) is 0 Å². The monoisotopic (exact) mass is 343 g/mol. The van der Waals surface area contributed by atoms with Crippen LogP contribution in [0.15, 0.2) is 41.6 Å². The molecule has 0 aliphatic carbocycles. The standard InChI is InChI=1S/C18H15F2N3S/c1-24-13-2-3-17-14(8-13)18(22-10-21-17)23-5-4-11-6-12(19)7-16(20)15(11)9-23/h2-3,6-8,10H,4-5,9H2,1H3. The number of rotatable bonds is 2. The molecule has 0 fully saturated rings. The fourth-order valence-electron chi connectivity index (χ4n) is 3.16. The molecular formula is C18H15F2N3S. The molecule has 1 aliphatic rings. The molecule has 2 heterocycles. The van der Waals surface area contributed by atoms with Gasteiger partial charge in [0.2, 0.25) is 0 Å². The lowest BCUT2D eigenvalue weighted by Gasteiger charge is -2.30. The lowest BCUT2D eigenvalue weighted by atomic mass is 9.98. The first kappa shape index (κ1) is 15.3. The Labute approximate surface area is 142 Å². The maximum Gasteiger partial charge on any atom is 0.140 e. The Balaban J connectivity index is 1.78. The minimum Gasteiger partial charge on any atom is -0.351 e. The highest BCUT2D eigenvalue weighted by molar-refractivity contribution is 7.98. The normalized spacial score (nSPS) is 14.0. The summed E-state index contributed by atoms with van der Waals surface area (Å²) < 4.78 is 27.5. The molecule has 0 atom stereocenters. The molecule has 6 heteroatoms. The molecule has 0 saturated heterocycles. The summed E-state index contributed by atoms with van der Waals surface area (Å²) in [5.41, 5.74) is 2.16. The van der Waals surface area contributed by atoms with Crippen molar-refractivity contribution in [1.82, 2.24) is 9.97 Å². The van der Waals surface area contributed by atoms with Gasteiger partial charge >= 0.3 is 0 Å². The van der Waals surface area contributed by atoms with E-state index < -0.39 is 11.6 Å². The third kappa shape index (κ3) is 2.60. The highest BCUT2D eigenvalue weighted by Crippen LogP contribution is 2.31. The van der Waals surface area contributed by atoms with Gasteiger partial charge in [-0.3, -0.25) is 0 Å². The van der Waals surface area contributed by atoms with Crippen molar-refractivity contribution in [1.29, 1.82) is 0 Å². The van der Waals surface area contributed by atoms with E-state index in [1.165, 1.54) is 12.4 Å². The zero-order chi connectivity index (χ0) is 16.7. The van der Waals surface area contributed by atoms with Crippen molar-refractivity contribution in [2.75, 3.05) is 17.7 Å². The minimum atomic E-state index is -0.517. The van der Waals surface area contributed by atoms with Crippen molar-refractivity contribution >= 4 is 28.5 Å². The van der Waals surface area contributed by atoms with E-state index >= 15 is 0 Å². The van der Waals surface area contributed by atoms with E-state index in [0.717, 1.165) is 33.2 Å². The van der Waals surface area contributed by atoms with Crippen LogP contribution in [0.2, 0.25) is 0 Å². The molecule has 1 aliphatic heterocycles. The van der Waals surface area contributed by atoms with Crippen LogP contribution in [0, 0.1) is 11.6 Å². The Morgan fingerprint density at radius 1 is 1.12 bits per heavy atom. The second-order valence-electron chi connectivity index (χ2n) is 5.78. The largest absolute Gasteiger partial charge is 0.351 e. The van der Waals surface area contributed by atoms with Crippen LogP contribution in [0.5, 0.6) is 0 Å². The van der Waals surface area contributed by atoms with Crippen LogP contribution in [0.1, 0.15) is 11.1 Å². The average Bonchev–Trinajstić information content (AvgIpc) is 2.60. The maximum absolute atomic E-state index is 14.2. The molecule has 3 aromatic rings. The summed E-state index contributed by atoms with van der Waals surface area (Å²) in [6.45, 7) is 1.06. The van der Waals surface area contributed by atoms with Gasteiger partial charge in [0, 0.05) is 35.0 Å². The van der Waals surface area contributed by atoms with Crippen LogP contribution in [0.3, 0.4) is 0 Å². The third-order valence-corrected chi connectivity index (χ3v) is 5.10. The summed E-state index contributed by atoms with van der Waals surface area (Å²) in [5.74, 6) is -0.208. The molecule has 0 spiro atoms. The molecule has 4 rings (SSSR count). The van der Waals surface area contributed by atoms with Crippen LogP contribution < -0.4 is 4.90 Å². The Hall–Kier alpha value is -2.21. The number of fused-ring (bicyclic) bond motifs is 2. The first-order chi connectivity index (χ1) is 11.7. The van der Waals surface area contributed by atoms with E-state index in [9.17, 15) is 8.78 Å². The van der Waals surface area contributed by atoms with Crippen molar-refractivity contribution < 1.29 is 8.78 Å². The first-order valence-electron chi connectivity index (χ1n) is 7.66. The Kier molecular flexibility index (Phi) is 3.84. The van der Waals surface area contributed by atoms with Crippen LogP contribution in [-0.4, -0.2) is 22.8 Å². The summed E-state index contributed by atoms with van der Waals surface area (Å²) in [4.78, 5) is 11.9. The van der Waals surface area contributed by atoms with E-state index in [1.807, 2.05) is 23.3 Å². The molecule has 2 aromatic carbocycles. The highest BCUT2D eigenvalue weighted by atomic mass is 32.2. The summed E-state index contributed by atoms with van der Waals surface area (Å²) >= 11 is 1.66. The number of nitrogens with zero attached hydrogens (tertiary/aromatic N) is 3. The Morgan fingerprint density at radius 2 is 2.00 bits per heavy atom. The Morgan fingerprint density at radius 3 is 2.83 bits per heavy atom. The number of halogens is 2. The molecular weight excluding hydrogens is 328 g/mol. The third-order valence-electron chi connectivity index (χ3n) is 4.37. The maximum atomic E-state index is 14.2. The predicted octanol–water partition coefficient (Wildman–Crippen LogP) is 4.19. The molecule has 0 bridgehead atoms. The topological polar surface area (TPSA) is 29.0 Å². The zero-order valence-corrected chi connectivity index (χ0v) is 13.9. The number of anilines is 1. The van der Waals surface area contributed by atoms with Crippen LogP contribution >= 0.6 is 11.8 Å². The zero-order valence-electron chi connectivity index (χ0n) is 13.1. The molecule has 1 aromatic heterocycles. The van der Waals surface area contributed by atoms with Gasteiger partial charge in [0.15, 0.2) is 0 Å². The van der Waals surface area contributed by atoms with Crippen molar-refractivity contribution in [3.05, 3.63) is 59.4 Å². The number of hydrogen-bond donors (Lipinski definition) is 0. The predicted molar refractivity (Wildman–Crippen MR) is 92.4 cm³/mol. The van der Waals surface area contributed by atoms with Crippen LogP contribution in [0.4, 0.5) is 14.6 Å². The van der Waals surface area contributed by atoms with Gasteiger partial charge < -0.3 is 4.90 Å². The first-order valence-corrected chi connectivity index (χ1v) is 8.88. The lowest BCUT2D eigenvalue weighted by Crippen LogP contribution is -2.32. The average molecular weight is 343 g/mol. The SMILES string of the molecule is CSc1ccc2ncnc(N3CCc4cc(F)cc(F)c4C3)c2c1. The molecule has 0 radical (unpaired) electrons. The number of benzene rings is 2. The van der Waals surface area contributed by atoms with Gasteiger partial charge in [0.05, 0.1) is 5.52 Å². The summed E-state index contributed by atoms with van der Waals surface area (Å²) in [6.07, 6.45) is 4.15. The van der Waals surface area contributed by atoms with E-state index in [4.69, 9.17) is 0 Å². The van der Waals surface area contributed by atoms with Gasteiger partial charge in [-0.15, -0.1) is 11.8 Å². The summed E-state index contributed by atoms with van der Waals surface area (Å²) in [6, 6.07) is 8.44. The fraction of sp³-hybridized carbons (Fsp3) is 0.222. The van der Waals surface area contributed by atoms with E-state index in [-0.39, 0.29) is 0 Å². The molecule has 0 saturated carbocycles. The van der Waals surface area contributed by atoms with E-state index in [2.05, 4.69) is 16.0 Å². The van der Waals surface area contributed by atoms with E-state index in [1.54, 1.807) is 11.8 Å². The van der Waals surface area contributed by atoms with E-state index in [0.29, 0.717) is 25.1 Å². The van der Waals surface area contributed by atoms with Gasteiger partial charge in [-0.05, 0) is 42.5 Å². The number of hydrogen-bond acceptors (Lipinski definition) is 4. The number of thioether (sulfide) groups is 1. The molecule has 0 N–H and O–H groups in total. The molecule has 122 valence electrons. The molecule has 3 nitrogen and oxygen atoms in total. The molecule has 0 amide bonds. The number of aromatic nitrogens is 2. The second-order valence-corrected chi connectivity index (χ2v) is 6.66. The van der Waals surface area contributed by atoms with Crippen molar-refractivity contribution in [3.63, 3.8) is 0 Å². The van der Waals surface area contributed by atoms with Gasteiger partial charge in [-0.1, -0.05) is 0 Å². The van der Waals surface area contributed by atoms with Gasteiger partial charge in [0.1, 0.15) is 23.8 Å². The van der Waals surface area contributed by atoms with Gasteiger partial charge in [-0.25, -0.2) is 18.7 Å². The van der Waals surface area contributed by atoms with Gasteiger partial charge in [-0.2, -0.15) is 0 Å². The highest BCUT2D eigenvalue weighted by Gasteiger charge is 2.23. The molecule has 0 unspecified atom stereocenters. The fourth-order valence-corrected chi connectivity index (χ4v) is 3.60. The minimum absolute atomic E-state index is 0.386. The molecule has 24 heavy (non-hydrogen) atoms. The van der Waals surface area contributed by atoms with Crippen molar-refractivity contribution in [2.45, 2.75) is 17.9 Å². The Bertz CT molecular complexity index is 930. The smallest absolute Gasteiger partial charge is 0.140 e. The van der Waals surface area contributed by atoms with Crippen LogP contribution in [-0.2, 0) is 13.0 Å². The quantitative estimate of drug-likeness (QED) is 0.653. The van der Waals surface area contributed by atoms with Crippen LogP contribution in [0.25, 0.3) is 10.9 Å². The second kappa shape index (κ2) is 6.02. The lowest BCUT2D eigenvalue weighted by molar-refractivity contribution is 0.554. The summed E-state index contributed by atoms with van der Waals surface area (Å²) in [5, 5.41) is 0.954.